The third kappa shape index (κ3) is 4.16. The van der Waals surface area contributed by atoms with E-state index >= 15 is 0 Å². The molecular weight excluding hydrogens is 362 g/mol. The van der Waals surface area contributed by atoms with Crippen molar-refractivity contribution in [3.05, 3.63) is 83.9 Å². The van der Waals surface area contributed by atoms with Crippen LogP contribution in [0.5, 0.6) is 0 Å². The van der Waals surface area contributed by atoms with Gasteiger partial charge >= 0.3 is 5.97 Å². The number of carboxylic acid groups (broad SMARTS) is 1. The van der Waals surface area contributed by atoms with E-state index in [1.807, 2.05) is 77.7 Å². The van der Waals surface area contributed by atoms with Gasteiger partial charge in [0.15, 0.2) is 0 Å². The second-order valence-electron chi connectivity index (χ2n) is 7.77. The van der Waals surface area contributed by atoms with Crippen LogP contribution in [0.15, 0.2) is 72.8 Å². The monoisotopic (exact) mass is 387 g/mol. The van der Waals surface area contributed by atoms with Crippen LogP contribution in [0.2, 0.25) is 0 Å². The van der Waals surface area contributed by atoms with E-state index in [9.17, 15) is 14.7 Å². The van der Waals surface area contributed by atoms with Crippen molar-refractivity contribution in [3.8, 4) is 0 Å². The maximum Gasteiger partial charge on any atom is 0.303 e. The molecule has 1 aliphatic heterocycles. The topological polar surface area (TPSA) is 57.6 Å². The number of hydrogen-bond acceptors (Lipinski definition) is 2. The van der Waals surface area contributed by atoms with E-state index in [0.717, 1.165) is 34.7 Å². The van der Waals surface area contributed by atoms with Gasteiger partial charge in [0.2, 0.25) is 0 Å². The van der Waals surface area contributed by atoms with E-state index in [1.165, 1.54) is 0 Å². The molecule has 29 heavy (non-hydrogen) atoms. The Kier molecular flexibility index (Phi) is 5.61. The number of nitrogens with zero attached hydrogens (tertiary/aromatic N) is 1. The Morgan fingerprint density at radius 2 is 1.55 bits per heavy atom. The zero-order chi connectivity index (χ0) is 20.2. The fourth-order valence-electron chi connectivity index (χ4n) is 4.53. The van der Waals surface area contributed by atoms with Gasteiger partial charge in [-0.3, -0.25) is 9.59 Å². The molecule has 1 saturated heterocycles. The van der Waals surface area contributed by atoms with Crippen LogP contribution in [0.25, 0.3) is 10.8 Å². The molecule has 0 spiro atoms. The molecule has 148 valence electrons. The summed E-state index contributed by atoms with van der Waals surface area (Å²) in [5, 5.41) is 11.5. The van der Waals surface area contributed by atoms with Crippen LogP contribution in [-0.4, -0.2) is 35.0 Å². The fraction of sp³-hybridized carbons (Fsp3) is 0.280. The minimum Gasteiger partial charge on any atom is -0.481 e. The second-order valence-corrected chi connectivity index (χ2v) is 7.77. The highest BCUT2D eigenvalue weighted by Crippen LogP contribution is 2.36. The zero-order valence-electron chi connectivity index (χ0n) is 16.3. The van der Waals surface area contributed by atoms with Gasteiger partial charge in [-0.2, -0.15) is 0 Å². The van der Waals surface area contributed by atoms with Crippen molar-refractivity contribution < 1.29 is 14.7 Å². The van der Waals surface area contributed by atoms with Crippen molar-refractivity contribution in [2.75, 3.05) is 13.1 Å². The van der Waals surface area contributed by atoms with Gasteiger partial charge < -0.3 is 10.0 Å². The summed E-state index contributed by atoms with van der Waals surface area (Å²) < 4.78 is 0. The maximum absolute atomic E-state index is 13.2. The van der Waals surface area contributed by atoms with Gasteiger partial charge in [0, 0.05) is 18.7 Å². The van der Waals surface area contributed by atoms with E-state index in [0.29, 0.717) is 13.1 Å². The van der Waals surface area contributed by atoms with E-state index in [-0.39, 0.29) is 24.2 Å². The van der Waals surface area contributed by atoms with E-state index in [1.54, 1.807) is 0 Å². The zero-order valence-corrected chi connectivity index (χ0v) is 16.3. The molecule has 1 fully saturated rings. The fourth-order valence-corrected chi connectivity index (χ4v) is 4.53. The van der Waals surface area contributed by atoms with E-state index in [4.69, 9.17) is 0 Å². The van der Waals surface area contributed by atoms with Crippen LogP contribution in [0.3, 0.4) is 0 Å². The van der Waals surface area contributed by atoms with Gasteiger partial charge in [-0.15, -0.1) is 0 Å². The summed E-state index contributed by atoms with van der Waals surface area (Å²) in [6, 6.07) is 23.7. The lowest BCUT2D eigenvalue weighted by molar-refractivity contribution is -0.137. The molecule has 4 heteroatoms. The van der Waals surface area contributed by atoms with Crippen molar-refractivity contribution in [2.45, 2.75) is 25.2 Å². The predicted molar refractivity (Wildman–Crippen MR) is 114 cm³/mol. The van der Waals surface area contributed by atoms with Gasteiger partial charge in [0.05, 0.1) is 6.42 Å². The highest BCUT2D eigenvalue weighted by molar-refractivity contribution is 6.07. The van der Waals surface area contributed by atoms with Gasteiger partial charge in [0.25, 0.3) is 5.91 Å². The van der Waals surface area contributed by atoms with Crippen molar-refractivity contribution in [1.82, 2.24) is 4.90 Å². The predicted octanol–water partition coefficient (Wildman–Crippen LogP) is 4.95. The summed E-state index contributed by atoms with van der Waals surface area (Å²) >= 11 is 0. The van der Waals surface area contributed by atoms with Crippen molar-refractivity contribution >= 4 is 22.6 Å². The molecule has 4 rings (SSSR count). The first-order chi connectivity index (χ1) is 14.1. The summed E-state index contributed by atoms with van der Waals surface area (Å²) in [7, 11) is 0. The average molecular weight is 387 g/mol. The number of fused-ring (bicyclic) bond motifs is 1. The van der Waals surface area contributed by atoms with Crippen LogP contribution < -0.4 is 0 Å². The molecule has 0 radical (unpaired) electrons. The number of rotatable bonds is 5. The molecule has 3 aromatic carbocycles. The smallest absolute Gasteiger partial charge is 0.303 e. The third-order valence-corrected chi connectivity index (χ3v) is 6.04. The van der Waals surface area contributed by atoms with Gasteiger partial charge in [-0.05, 0) is 47.1 Å². The normalized spacial score (nSPS) is 15.9. The minimum absolute atomic E-state index is 0.0106. The molecule has 1 aliphatic rings. The summed E-state index contributed by atoms with van der Waals surface area (Å²) in [6.07, 6.45) is 1.78. The maximum atomic E-state index is 13.2. The molecule has 1 atom stereocenters. The molecule has 1 heterocycles. The first kappa shape index (κ1) is 19.2. The van der Waals surface area contributed by atoms with Crippen molar-refractivity contribution in [1.29, 1.82) is 0 Å². The lowest BCUT2D eigenvalue weighted by Crippen LogP contribution is -2.40. The molecule has 1 amide bonds. The highest BCUT2D eigenvalue weighted by Gasteiger charge is 2.31. The number of carboxylic acids is 1. The quantitative estimate of drug-likeness (QED) is 0.674. The first-order valence-electron chi connectivity index (χ1n) is 10.2. The number of aliphatic carboxylic acids is 1. The Morgan fingerprint density at radius 1 is 0.897 bits per heavy atom. The van der Waals surface area contributed by atoms with Gasteiger partial charge in [0.1, 0.15) is 0 Å². The Balaban J connectivity index is 1.49. The van der Waals surface area contributed by atoms with Gasteiger partial charge in [-0.1, -0.05) is 66.7 Å². The van der Waals surface area contributed by atoms with Crippen molar-refractivity contribution in [3.63, 3.8) is 0 Å². The Bertz CT molecular complexity index is 1000. The van der Waals surface area contributed by atoms with E-state index < -0.39 is 5.97 Å². The number of piperidine rings is 1. The molecule has 1 unspecified atom stereocenters. The van der Waals surface area contributed by atoms with E-state index in [2.05, 4.69) is 0 Å². The van der Waals surface area contributed by atoms with Crippen molar-refractivity contribution in [2.24, 2.45) is 5.92 Å². The number of hydrogen-bond donors (Lipinski definition) is 1. The summed E-state index contributed by atoms with van der Waals surface area (Å²) in [6.45, 7) is 1.32. The summed E-state index contributed by atoms with van der Waals surface area (Å²) in [4.78, 5) is 26.5. The van der Waals surface area contributed by atoms with Crippen LogP contribution in [-0.2, 0) is 4.79 Å². The van der Waals surface area contributed by atoms with Crippen LogP contribution in [0.1, 0.15) is 41.1 Å². The number of carbonyl (C=O) groups excluding carboxylic acids is 1. The largest absolute Gasteiger partial charge is 0.481 e. The molecule has 0 aliphatic carbocycles. The van der Waals surface area contributed by atoms with Gasteiger partial charge in [-0.25, -0.2) is 0 Å². The third-order valence-electron chi connectivity index (χ3n) is 6.04. The standard InChI is InChI=1S/C25H25NO3/c27-24(28)17-23(19-7-2-1-3-8-19)20-13-15-26(16-14-20)25(29)22-12-6-10-18-9-4-5-11-21(18)22/h1-12,20,23H,13-17H2,(H,27,28). The number of likely N-dealkylation sites (tertiary alicyclic amines) is 1. The highest BCUT2D eigenvalue weighted by atomic mass is 16.4. The minimum atomic E-state index is -0.770. The molecule has 0 saturated carbocycles. The lowest BCUT2D eigenvalue weighted by atomic mass is 9.78. The van der Waals surface area contributed by atoms with Crippen LogP contribution in [0, 0.1) is 5.92 Å². The molecule has 0 aromatic heterocycles. The Hall–Kier alpha value is -3.14. The lowest BCUT2D eigenvalue weighted by Gasteiger charge is -2.36. The molecule has 3 aromatic rings. The van der Waals surface area contributed by atoms with Crippen LogP contribution in [0.4, 0.5) is 0 Å². The summed E-state index contributed by atoms with van der Waals surface area (Å²) in [5.74, 6) is -0.448. The Labute approximate surface area is 170 Å². The molecule has 4 nitrogen and oxygen atoms in total. The molecule has 0 bridgehead atoms. The number of carbonyl (C=O) groups is 2. The SMILES string of the molecule is O=C(O)CC(c1ccccc1)C1CCN(C(=O)c2cccc3ccccc23)CC1. The first-order valence-corrected chi connectivity index (χ1v) is 10.2. The van der Waals surface area contributed by atoms with Crippen LogP contribution >= 0.6 is 0 Å². The Morgan fingerprint density at radius 3 is 2.28 bits per heavy atom. The summed E-state index contributed by atoms with van der Waals surface area (Å²) in [5.41, 5.74) is 1.82. The molecule has 1 N–H and O–H groups in total. The number of amides is 1. The average Bonchev–Trinajstić information content (AvgIpc) is 2.77. The molecular formula is C25H25NO3. The second kappa shape index (κ2) is 8.48. The number of benzene rings is 3.